The fraction of sp³-hybridized carbons (Fsp3) is 0.364. The van der Waals surface area contributed by atoms with E-state index in [4.69, 9.17) is 11.5 Å². The van der Waals surface area contributed by atoms with Crippen LogP contribution in [0.4, 0.5) is 5.95 Å². The van der Waals surface area contributed by atoms with Crippen molar-refractivity contribution in [3.8, 4) is 11.3 Å². The van der Waals surface area contributed by atoms with E-state index >= 15 is 0 Å². The lowest BCUT2D eigenvalue weighted by atomic mass is 9.88. The van der Waals surface area contributed by atoms with Gasteiger partial charge in [-0.3, -0.25) is 14.5 Å². The van der Waals surface area contributed by atoms with Crippen LogP contribution in [0.1, 0.15) is 49.5 Å². The smallest absolute Gasteiger partial charge is 0.281 e. The Labute approximate surface area is 186 Å². The quantitative estimate of drug-likeness (QED) is 0.374. The molecule has 0 spiro atoms. The SMILES string of the molecule is CC(C)C(C(N)=NC(=O)c1cnn(C(C)(C)CO)c1)c1ccc(-c2cnc(N)nc2)nc1. The highest BCUT2D eigenvalue weighted by molar-refractivity contribution is 6.04. The minimum atomic E-state index is -0.628. The molecule has 0 radical (unpaired) electrons. The van der Waals surface area contributed by atoms with Crippen LogP contribution in [0.5, 0.6) is 0 Å². The number of aromatic nitrogens is 5. The molecule has 10 nitrogen and oxygen atoms in total. The highest BCUT2D eigenvalue weighted by atomic mass is 16.3. The molecule has 3 aromatic heterocycles. The second kappa shape index (κ2) is 9.23. The van der Waals surface area contributed by atoms with Crippen LogP contribution in [0.15, 0.2) is 48.1 Å². The summed E-state index contributed by atoms with van der Waals surface area (Å²) in [5.41, 5.74) is 13.8. The first kappa shape index (κ1) is 23.0. The van der Waals surface area contributed by atoms with Crippen molar-refractivity contribution in [1.29, 1.82) is 0 Å². The molecule has 0 bridgehead atoms. The van der Waals surface area contributed by atoms with Crippen LogP contribution in [-0.2, 0) is 5.54 Å². The molecule has 0 saturated carbocycles. The zero-order valence-corrected chi connectivity index (χ0v) is 18.6. The van der Waals surface area contributed by atoms with Crippen LogP contribution in [0.3, 0.4) is 0 Å². The topological polar surface area (TPSA) is 158 Å². The first-order chi connectivity index (χ1) is 15.1. The van der Waals surface area contributed by atoms with Crippen molar-refractivity contribution in [1.82, 2.24) is 24.7 Å². The normalized spacial score (nSPS) is 13.4. The fourth-order valence-corrected chi connectivity index (χ4v) is 3.22. The van der Waals surface area contributed by atoms with Gasteiger partial charge in [-0.1, -0.05) is 19.9 Å². The molecule has 32 heavy (non-hydrogen) atoms. The molecule has 3 heterocycles. The number of aliphatic hydroxyl groups is 1. The summed E-state index contributed by atoms with van der Waals surface area (Å²) < 4.78 is 1.54. The van der Waals surface area contributed by atoms with Gasteiger partial charge in [0.25, 0.3) is 5.91 Å². The Morgan fingerprint density at radius 3 is 2.41 bits per heavy atom. The minimum absolute atomic E-state index is 0.0788. The summed E-state index contributed by atoms with van der Waals surface area (Å²) in [7, 11) is 0. The number of aliphatic hydroxyl groups excluding tert-OH is 1. The first-order valence-corrected chi connectivity index (χ1v) is 10.2. The number of nitrogens with two attached hydrogens (primary N) is 2. The molecule has 1 amide bonds. The molecule has 1 atom stereocenters. The van der Waals surface area contributed by atoms with Crippen molar-refractivity contribution in [3.63, 3.8) is 0 Å². The van der Waals surface area contributed by atoms with Gasteiger partial charge in [-0.15, -0.1) is 0 Å². The van der Waals surface area contributed by atoms with Crippen LogP contribution in [0, 0.1) is 5.92 Å². The largest absolute Gasteiger partial charge is 0.394 e. The average molecular weight is 437 g/mol. The highest BCUT2D eigenvalue weighted by Gasteiger charge is 2.24. The van der Waals surface area contributed by atoms with Gasteiger partial charge in [-0.25, -0.2) is 9.97 Å². The van der Waals surface area contributed by atoms with Gasteiger partial charge in [-0.2, -0.15) is 10.1 Å². The van der Waals surface area contributed by atoms with Crippen molar-refractivity contribution in [3.05, 3.63) is 54.2 Å². The maximum absolute atomic E-state index is 12.7. The highest BCUT2D eigenvalue weighted by Crippen LogP contribution is 2.26. The summed E-state index contributed by atoms with van der Waals surface area (Å²) >= 11 is 0. The van der Waals surface area contributed by atoms with E-state index in [2.05, 4.69) is 25.0 Å². The summed E-state index contributed by atoms with van der Waals surface area (Å²) in [4.78, 5) is 29.3. The lowest BCUT2D eigenvalue weighted by Gasteiger charge is -2.22. The molecule has 0 fully saturated rings. The van der Waals surface area contributed by atoms with Gasteiger partial charge in [0.1, 0.15) is 5.84 Å². The van der Waals surface area contributed by atoms with Crippen molar-refractivity contribution in [2.45, 2.75) is 39.2 Å². The number of rotatable bonds is 7. The Kier molecular flexibility index (Phi) is 6.64. The van der Waals surface area contributed by atoms with Gasteiger partial charge in [0, 0.05) is 36.3 Å². The zero-order valence-electron chi connectivity index (χ0n) is 18.6. The van der Waals surface area contributed by atoms with E-state index in [1.54, 1.807) is 24.8 Å². The van der Waals surface area contributed by atoms with E-state index < -0.39 is 11.4 Å². The Hall–Kier alpha value is -3.66. The van der Waals surface area contributed by atoms with E-state index in [-0.39, 0.29) is 30.2 Å². The monoisotopic (exact) mass is 436 g/mol. The maximum atomic E-state index is 12.7. The maximum Gasteiger partial charge on any atom is 0.281 e. The summed E-state index contributed by atoms with van der Waals surface area (Å²) in [5, 5.41) is 13.7. The van der Waals surface area contributed by atoms with E-state index in [0.717, 1.165) is 11.1 Å². The fourth-order valence-electron chi connectivity index (χ4n) is 3.22. The van der Waals surface area contributed by atoms with Crippen molar-refractivity contribution in [2.75, 3.05) is 12.3 Å². The Bertz CT molecular complexity index is 1100. The second-order valence-electron chi connectivity index (χ2n) is 8.51. The van der Waals surface area contributed by atoms with Gasteiger partial charge in [0.2, 0.25) is 5.95 Å². The number of amidine groups is 1. The number of carbonyl (C=O) groups is 1. The van der Waals surface area contributed by atoms with E-state index in [1.807, 2.05) is 39.8 Å². The molecule has 3 aromatic rings. The zero-order chi connectivity index (χ0) is 23.5. The third kappa shape index (κ3) is 4.97. The van der Waals surface area contributed by atoms with Gasteiger partial charge in [0.15, 0.2) is 0 Å². The third-order valence-corrected chi connectivity index (χ3v) is 5.17. The number of aliphatic imine (C=N–C) groups is 1. The Morgan fingerprint density at radius 1 is 1.16 bits per heavy atom. The third-order valence-electron chi connectivity index (χ3n) is 5.17. The van der Waals surface area contributed by atoms with Gasteiger partial charge in [0.05, 0.1) is 29.6 Å². The van der Waals surface area contributed by atoms with Crippen molar-refractivity contribution in [2.24, 2.45) is 16.6 Å². The Balaban J connectivity index is 1.84. The molecular weight excluding hydrogens is 408 g/mol. The molecular formula is C22H28N8O2. The van der Waals surface area contributed by atoms with Crippen LogP contribution in [-0.4, -0.2) is 48.2 Å². The van der Waals surface area contributed by atoms with Gasteiger partial charge < -0.3 is 16.6 Å². The molecule has 0 aromatic carbocycles. The number of pyridine rings is 1. The minimum Gasteiger partial charge on any atom is -0.394 e. The van der Waals surface area contributed by atoms with Crippen LogP contribution in [0.2, 0.25) is 0 Å². The van der Waals surface area contributed by atoms with Crippen LogP contribution >= 0.6 is 0 Å². The van der Waals surface area contributed by atoms with Crippen molar-refractivity contribution >= 4 is 17.7 Å². The van der Waals surface area contributed by atoms with Gasteiger partial charge >= 0.3 is 0 Å². The molecule has 1 unspecified atom stereocenters. The number of carbonyl (C=O) groups excluding carboxylic acids is 1. The number of hydrogen-bond donors (Lipinski definition) is 3. The Morgan fingerprint density at radius 2 is 1.84 bits per heavy atom. The lowest BCUT2D eigenvalue weighted by molar-refractivity contribution is 0.100. The molecule has 3 rings (SSSR count). The number of anilines is 1. The molecule has 168 valence electrons. The molecule has 0 aliphatic rings. The van der Waals surface area contributed by atoms with Crippen LogP contribution < -0.4 is 11.5 Å². The number of amides is 1. The molecule has 0 aliphatic heterocycles. The first-order valence-electron chi connectivity index (χ1n) is 10.2. The van der Waals surface area contributed by atoms with E-state index in [1.165, 1.54) is 10.9 Å². The molecule has 10 heteroatoms. The lowest BCUT2D eigenvalue weighted by Crippen LogP contribution is -2.30. The molecule has 5 N–H and O–H groups in total. The number of hydrogen-bond acceptors (Lipinski definition) is 7. The number of nitrogens with zero attached hydrogens (tertiary/aromatic N) is 6. The van der Waals surface area contributed by atoms with Crippen molar-refractivity contribution < 1.29 is 9.90 Å². The predicted octanol–water partition coefficient (Wildman–Crippen LogP) is 1.98. The number of nitrogen functional groups attached to an aromatic ring is 1. The van der Waals surface area contributed by atoms with E-state index in [0.29, 0.717) is 11.3 Å². The second-order valence-corrected chi connectivity index (χ2v) is 8.51. The standard InChI is InChI=1S/C22H28N8O2/c1-13(2)18(14-5-6-17(25-7-14)15-8-26-21(24)27-9-15)19(23)29-20(32)16-10-28-30(11-16)22(3,4)12-31/h5-11,13,18,31H,12H2,1-4H3,(H2,23,29,32)(H2,24,26,27). The summed E-state index contributed by atoms with van der Waals surface area (Å²) in [5.74, 6) is -0.312. The summed E-state index contributed by atoms with van der Waals surface area (Å²) in [6.07, 6.45) is 7.91. The van der Waals surface area contributed by atoms with E-state index in [9.17, 15) is 9.90 Å². The molecule has 0 aliphatic carbocycles. The predicted molar refractivity (Wildman–Crippen MR) is 122 cm³/mol. The van der Waals surface area contributed by atoms with Crippen LogP contribution in [0.25, 0.3) is 11.3 Å². The average Bonchev–Trinajstić information content (AvgIpc) is 3.26. The van der Waals surface area contributed by atoms with Gasteiger partial charge in [-0.05, 0) is 31.4 Å². The summed E-state index contributed by atoms with van der Waals surface area (Å²) in [6, 6.07) is 3.74. The molecule has 0 saturated heterocycles. The summed E-state index contributed by atoms with van der Waals surface area (Å²) in [6.45, 7) is 7.51.